The van der Waals surface area contributed by atoms with Gasteiger partial charge in [0.2, 0.25) is 5.91 Å². The van der Waals surface area contributed by atoms with E-state index < -0.39 is 0 Å². The van der Waals surface area contributed by atoms with E-state index in [1.165, 1.54) is 50.9 Å². The first-order valence-electron chi connectivity index (χ1n) is 11.0. The third kappa shape index (κ3) is 3.81. The highest BCUT2D eigenvalue weighted by atomic mass is 16.2. The Bertz CT molecular complexity index is 682. The number of fused-ring (bicyclic) bond motifs is 2. The molecule has 1 aromatic rings. The summed E-state index contributed by atoms with van der Waals surface area (Å²) in [6.07, 6.45) is 7.98. The molecule has 3 nitrogen and oxygen atoms in total. The number of amides is 1. The monoisotopic (exact) mass is 368 g/mol. The van der Waals surface area contributed by atoms with Gasteiger partial charge in [0, 0.05) is 13.0 Å². The smallest absolute Gasteiger partial charge is 0.223 e. The number of carbonyl (C=O) groups excluding carboxylic acids is 1. The van der Waals surface area contributed by atoms with Crippen LogP contribution in [-0.4, -0.2) is 41.9 Å². The van der Waals surface area contributed by atoms with Crippen molar-refractivity contribution in [2.24, 2.45) is 5.41 Å². The summed E-state index contributed by atoms with van der Waals surface area (Å²) in [6.45, 7) is 11.6. The average molecular weight is 369 g/mol. The molecule has 0 radical (unpaired) electrons. The Morgan fingerprint density at radius 3 is 2.48 bits per heavy atom. The van der Waals surface area contributed by atoms with Crippen molar-refractivity contribution < 1.29 is 4.79 Å². The third-order valence-corrected chi connectivity index (χ3v) is 7.26. The number of piperidine rings is 1. The second kappa shape index (κ2) is 7.24. The molecule has 1 spiro atoms. The summed E-state index contributed by atoms with van der Waals surface area (Å²) in [4.78, 5) is 17.2. The minimum Gasteiger partial charge on any atom is -0.336 e. The molecule has 1 aliphatic carbocycles. The molecule has 0 N–H and O–H groups in total. The van der Waals surface area contributed by atoms with Crippen LogP contribution in [0.4, 0.5) is 0 Å². The Labute approximate surface area is 165 Å². The van der Waals surface area contributed by atoms with Crippen LogP contribution < -0.4 is 0 Å². The van der Waals surface area contributed by atoms with Gasteiger partial charge in [-0.3, -0.25) is 4.79 Å². The van der Waals surface area contributed by atoms with Crippen LogP contribution in [0.25, 0.3) is 0 Å². The van der Waals surface area contributed by atoms with Crippen LogP contribution in [0.15, 0.2) is 24.3 Å². The molecule has 2 saturated heterocycles. The normalized spacial score (nSPS) is 25.8. The molecular weight excluding hydrogens is 332 g/mol. The maximum atomic E-state index is 12.4. The number of rotatable bonds is 3. The maximum Gasteiger partial charge on any atom is 0.223 e. The Balaban J connectivity index is 1.50. The summed E-state index contributed by atoms with van der Waals surface area (Å²) < 4.78 is 0. The van der Waals surface area contributed by atoms with Gasteiger partial charge in [0.25, 0.3) is 0 Å². The van der Waals surface area contributed by atoms with E-state index in [0.29, 0.717) is 22.8 Å². The van der Waals surface area contributed by atoms with E-state index in [1.807, 2.05) is 0 Å². The molecule has 2 fully saturated rings. The Kier molecular flexibility index (Phi) is 5.09. The van der Waals surface area contributed by atoms with Crippen LogP contribution in [0, 0.1) is 5.41 Å². The summed E-state index contributed by atoms with van der Waals surface area (Å²) in [5.74, 6) is 0.364. The minimum atomic E-state index is 0.320. The van der Waals surface area contributed by atoms with Gasteiger partial charge in [-0.15, -0.1) is 0 Å². The van der Waals surface area contributed by atoms with Gasteiger partial charge in [0.1, 0.15) is 0 Å². The zero-order valence-electron chi connectivity index (χ0n) is 17.5. The van der Waals surface area contributed by atoms with Crippen molar-refractivity contribution in [3.8, 4) is 0 Å². The molecule has 27 heavy (non-hydrogen) atoms. The lowest BCUT2D eigenvalue weighted by Gasteiger charge is -2.48. The summed E-state index contributed by atoms with van der Waals surface area (Å²) in [5, 5.41) is 0. The lowest BCUT2D eigenvalue weighted by atomic mass is 9.63. The van der Waals surface area contributed by atoms with Crippen molar-refractivity contribution in [1.82, 2.24) is 9.80 Å². The number of hydrogen-bond acceptors (Lipinski definition) is 2. The van der Waals surface area contributed by atoms with Gasteiger partial charge in [0.05, 0.1) is 6.04 Å². The number of hydrogen-bond donors (Lipinski definition) is 0. The first-order valence-corrected chi connectivity index (χ1v) is 11.0. The molecule has 0 aromatic heterocycles. The predicted octanol–water partition coefficient (Wildman–Crippen LogP) is 4.91. The van der Waals surface area contributed by atoms with Crippen LogP contribution in [-0.2, 0) is 10.2 Å². The molecule has 3 heteroatoms. The molecule has 1 aromatic carbocycles. The van der Waals surface area contributed by atoms with E-state index in [0.717, 1.165) is 25.8 Å². The van der Waals surface area contributed by atoms with Crippen LogP contribution in [0.2, 0.25) is 0 Å². The van der Waals surface area contributed by atoms with E-state index in [-0.39, 0.29) is 0 Å². The maximum absolute atomic E-state index is 12.4. The summed E-state index contributed by atoms with van der Waals surface area (Å²) in [6, 6.07) is 9.37. The fourth-order valence-corrected chi connectivity index (χ4v) is 5.51. The first kappa shape index (κ1) is 19.0. The van der Waals surface area contributed by atoms with Crippen molar-refractivity contribution in [2.45, 2.75) is 77.2 Å². The summed E-state index contributed by atoms with van der Waals surface area (Å²) in [7, 11) is 0. The topological polar surface area (TPSA) is 23.6 Å². The van der Waals surface area contributed by atoms with Gasteiger partial charge >= 0.3 is 0 Å². The van der Waals surface area contributed by atoms with Crippen molar-refractivity contribution in [2.75, 3.05) is 26.2 Å². The third-order valence-electron chi connectivity index (χ3n) is 7.26. The summed E-state index contributed by atoms with van der Waals surface area (Å²) >= 11 is 0. The average Bonchev–Trinajstić information content (AvgIpc) is 3.07. The number of likely N-dealkylation sites (tertiary alicyclic amines) is 2. The lowest BCUT2D eigenvalue weighted by Crippen LogP contribution is -2.47. The van der Waals surface area contributed by atoms with Gasteiger partial charge in [-0.05, 0) is 80.1 Å². The van der Waals surface area contributed by atoms with Crippen molar-refractivity contribution in [1.29, 1.82) is 0 Å². The highest BCUT2D eigenvalue weighted by Gasteiger charge is 2.44. The van der Waals surface area contributed by atoms with Crippen molar-refractivity contribution in [3.63, 3.8) is 0 Å². The quantitative estimate of drug-likeness (QED) is 0.756. The molecule has 0 saturated carbocycles. The number of nitrogens with zero attached hydrogens (tertiary/aromatic N) is 2. The zero-order valence-corrected chi connectivity index (χ0v) is 17.5. The molecule has 148 valence electrons. The fourth-order valence-electron chi connectivity index (χ4n) is 5.51. The molecule has 0 bridgehead atoms. The van der Waals surface area contributed by atoms with Crippen LogP contribution in [0.1, 0.15) is 82.9 Å². The van der Waals surface area contributed by atoms with Gasteiger partial charge in [0.15, 0.2) is 0 Å². The van der Waals surface area contributed by atoms with E-state index in [9.17, 15) is 4.79 Å². The predicted molar refractivity (Wildman–Crippen MR) is 111 cm³/mol. The van der Waals surface area contributed by atoms with E-state index >= 15 is 0 Å². The molecule has 3 aliphatic rings. The SMILES string of the molecule is CC(C)(C)CCN1CCC2(CC[C@H](N3CCCC3=O)c3ccccc32)CC1. The molecule has 4 rings (SSSR count). The van der Waals surface area contributed by atoms with E-state index in [2.05, 4.69) is 54.8 Å². The highest BCUT2D eigenvalue weighted by molar-refractivity contribution is 5.78. The van der Waals surface area contributed by atoms with Gasteiger partial charge in [-0.1, -0.05) is 45.0 Å². The molecule has 2 aliphatic heterocycles. The van der Waals surface area contributed by atoms with E-state index in [1.54, 1.807) is 5.56 Å². The molecule has 1 atom stereocenters. The first-order chi connectivity index (χ1) is 12.9. The largest absolute Gasteiger partial charge is 0.336 e. The van der Waals surface area contributed by atoms with Crippen LogP contribution in [0.5, 0.6) is 0 Å². The van der Waals surface area contributed by atoms with Crippen LogP contribution in [0.3, 0.4) is 0 Å². The lowest BCUT2D eigenvalue weighted by molar-refractivity contribution is -0.130. The minimum absolute atomic E-state index is 0.320. The van der Waals surface area contributed by atoms with E-state index in [4.69, 9.17) is 0 Å². The molecule has 2 heterocycles. The molecule has 1 amide bonds. The second-order valence-electron chi connectivity index (χ2n) is 10.3. The molecular formula is C24H36N2O. The Morgan fingerprint density at radius 1 is 1.07 bits per heavy atom. The van der Waals surface area contributed by atoms with Crippen molar-refractivity contribution in [3.05, 3.63) is 35.4 Å². The van der Waals surface area contributed by atoms with Gasteiger partial charge in [-0.25, -0.2) is 0 Å². The number of carbonyl (C=O) groups is 1. The van der Waals surface area contributed by atoms with Gasteiger partial charge < -0.3 is 9.80 Å². The Morgan fingerprint density at radius 2 is 1.81 bits per heavy atom. The van der Waals surface area contributed by atoms with Gasteiger partial charge in [-0.2, -0.15) is 0 Å². The fraction of sp³-hybridized carbons (Fsp3) is 0.708. The summed E-state index contributed by atoms with van der Waals surface area (Å²) in [5.41, 5.74) is 3.76. The van der Waals surface area contributed by atoms with Crippen molar-refractivity contribution >= 4 is 5.91 Å². The molecule has 0 unspecified atom stereocenters. The standard InChI is InChI=1S/C24H36N2O/c1-23(2,3)12-16-25-17-13-24(14-18-25)11-10-21(26-15-6-9-22(26)27)19-7-4-5-8-20(19)24/h4-5,7-8,21H,6,9-18H2,1-3H3/t21-/m0/s1. The highest BCUT2D eigenvalue weighted by Crippen LogP contribution is 2.50. The zero-order chi connectivity index (χ0) is 19.1. The van der Waals surface area contributed by atoms with Crippen LogP contribution >= 0.6 is 0 Å². The second-order valence-corrected chi connectivity index (χ2v) is 10.3. The number of benzene rings is 1. The Hall–Kier alpha value is -1.35.